The highest BCUT2D eigenvalue weighted by atomic mass is 16.5. The molecule has 5 aliphatic rings. The van der Waals surface area contributed by atoms with E-state index in [2.05, 4.69) is 0 Å². The summed E-state index contributed by atoms with van der Waals surface area (Å²) in [5.74, 6) is 2.33. The fraction of sp³-hybridized carbons (Fsp3) is 0.882. The molecule has 4 aliphatic carbocycles. The van der Waals surface area contributed by atoms with E-state index in [0.29, 0.717) is 26.1 Å². The Balaban J connectivity index is 1.42. The smallest absolute Gasteiger partial charge is 0.248 e. The highest BCUT2D eigenvalue weighted by Gasteiger charge is 2.51. The Bertz CT molecular complexity index is 455. The second-order valence-electron chi connectivity index (χ2n) is 8.20. The first-order valence-electron chi connectivity index (χ1n) is 8.72. The lowest BCUT2D eigenvalue weighted by molar-refractivity contribution is -0.150. The molecule has 5 nitrogen and oxygen atoms in total. The van der Waals surface area contributed by atoms with Gasteiger partial charge in [-0.25, -0.2) is 0 Å². The number of hydrogen-bond donors (Lipinski definition) is 1. The Morgan fingerprint density at radius 3 is 2.23 bits per heavy atom. The average Bonchev–Trinajstić information content (AvgIpc) is 2.45. The molecule has 0 aromatic heterocycles. The van der Waals surface area contributed by atoms with Gasteiger partial charge in [-0.2, -0.15) is 0 Å². The minimum Gasteiger partial charge on any atom is -0.367 e. The van der Waals surface area contributed by atoms with Crippen molar-refractivity contribution in [3.05, 3.63) is 0 Å². The molecule has 22 heavy (non-hydrogen) atoms. The SMILES string of the molecule is NC(=O)C1CN(C(=O)CC23CC4CC(CC(C4)C2)C3)CCO1. The molecule has 0 aromatic rings. The maximum atomic E-state index is 12.8. The second kappa shape index (κ2) is 5.22. The predicted octanol–water partition coefficient (Wildman–Crippen LogP) is 1.31. The molecule has 122 valence electrons. The van der Waals surface area contributed by atoms with Gasteiger partial charge in [-0.3, -0.25) is 9.59 Å². The molecule has 0 spiro atoms. The third kappa shape index (κ3) is 2.53. The summed E-state index contributed by atoms with van der Waals surface area (Å²) in [5, 5.41) is 0. The normalized spacial score (nSPS) is 43.4. The highest BCUT2D eigenvalue weighted by Crippen LogP contribution is 2.61. The van der Waals surface area contributed by atoms with Gasteiger partial charge in [-0.05, 0) is 61.7 Å². The van der Waals surface area contributed by atoms with Crippen molar-refractivity contribution in [3.8, 4) is 0 Å². The molecule has 5 heteroatoms. The molecule has 2 amide bonds. The lowest BCUT2D eigenvalue weighted by Gasteiger charge is -2.57. The molecule has 1 heterocycles. The monoisotopic (exact) mass is 306 g/mol. The van der Waals surface area contributed by atoms with Gasteiger partial charge in [0.05, 0.1) is 13.2 Å². The predicted molar refractivity (Wildman–Crippen MR) is 80.7 cm³/mol. The standard InChI is InChI=1S/C17H26N2O3/c18-16(21)14-10-19(1-2-22-14)15(20)9-17-6-11-3-12(7-17)5-13(4-11)8-17/h11-14H,1-10H2,(H2,18,21). The largest absolute Gasteiger partial charge is 0.367 e. The van der Waals surface area contributed by atoms with Crippen LogP contribution in [-0.4, -0.2) is 42.5 Å². The number of amides is 2. The first-order chi connectivity index (χ1) is 10.5. The van der Waals surface area contributed by atoms with Gasteiger partial charge < -0.3 is 15.4 Å². The molecule has 1 atom stereocenters. The average molecular weight is 306 g/mol. The van der Waals surface area contributed by atoms with Crippen LogP contribution in [0.1, 0.15) is 44.9 Å². The van der Waals surface area contributed by atoms with E-state index in [1.165, 1.54) is 38.5 Å². The molecule has 4 bridgehead atoms. The van der Waals surface area contributed by atoms with Crippen LogP contribution in [0.25, 0.3) is 0 Å². The van der Waals surface area contributed by atoms with E-state index in [9.17, 15) is 9.59 Å². The summed E-state index contributed by atoms with van der Waals surface area (Å²) in [7, 11) is 0. The van der Waals surface area contributed by atoms with Crippen molar-refractivity contribution in [2.24, 2.45) is 28.9 Å². The minimum atomic E-state index is -0.630. The van der Waals surface area contributed by atoms with Gasteiger partial charge in [-0.15, -0.1) is 0 Å². The summed E-state index contributed by atoms with van der Waals surface area (Å²) in [6.07, 6.45) is 7.96. The number of nitrogens with two attached hydrogens (primary N) is 1. The fourth-order valence-corrected chi connectivity index (χ4v) is 5.99. The van der Waals surface area contributed by atoms with Crippen molar-refractivity contribution >= 4 is 11.8 Å². The van der Waals surface area contributed by atoms with Crippen molar-refractivity contribution in [2.45, 2.75) is 51.0 Å². The van der Waals surface area contributed by atoms with E-state index in [-0.39, 0.29) is 11.3 Å². The van der Waals surface area contributed by atoms with Crippen LogP contribution >= 0.6 is 0 Å². The van der Waals surface area contributed by atoms with Gasteiger partial charge in [0.1, 0.15) is 0 Å². The number of carbonyl (C=O) groups is 2. The van der Waals surface area contributed by atoms with Gasteiger partial charge in [0.2, 0.25) is 11.8 Å². The Morgan fingerprint density at radius 2 is 1.68 bits per heavy atom. The van der Waals surface area contributed by atoms with Crippen LogP contribution in [0, 0.1) is 23.2 Å². The molecule has 1 unspecified atom stereocenters. The molecule has 1 saturated heterocycles. The van der Waals surface area contributed by atoms with E-state index in [0.717, 1.165) is 17.8 Å². The van der Waals surface area contributed by atoms with Crippen molar-refractivity contribution in [2.75, 3.05) is 19.7 Å². The topological polar surface area (TPSA) is 72.6 Å². The van der Waals surface area contributed by atoms with E-state index < -0.39 is 12.0 Å². The number of carbonyl (C=O) groups excluding carboxylic acids is 2. The van der Waals surface area contributed by atoms with Crippen LogP contribution < -0.4 is 5.73 Å². The summed E-state index contributed by atoms with van der Waals surface area (Å²) in [4.78, 5) is 25.9. The molecular formula is C17H26N2O3. The molecule has 2 N–H and O–H groups in total. The first-order valence-corrected chi connectivity index (χ1v) is 8.72. The van der Waals surface area contributed by atoms with E-state index >= 15 is 0 Å². The molecule has 0 aromatic carbocycles. The highest BCUT2D eigenvalue weighted by molar-refractivity contribution is 5.82. The Morgan fingerprint density at radius 1 is 1.09 bits per heavy atom. The number of hydrogen-bond acceptors (Lipinski definition) is 3. The van der Waals surface area contributed by atoms with Gasteiger partial charge in [-0.1, -0.05) is 0 Å². The fourth-order valence-electron chi connectivity index (χ4n) is 5.99. The number of rotatable bonds is 3. The van der Waals surface area contributed by atoms with Crippen molar-refractivity contribution in [1.29, 1.82) is 0 Å². The Hall–Kier alpha value is -1.10. The zero-order valence-electron chi connectivity index (χ0n) is 13.1. The zero-order chi connectivity index (χ0) is 15.3. The number of primary amides is 1. The quantitative estimate of drug-likeness (QED) is 0.854. The van der Waals surface area contributed by atoms with Crippen molar-refractivity contribution < 1.29 is 14.3 Å². The van der Waals surface area contributed by atoms with Crippen LogP contribution in [0.3, 0.4) is 0 Å². The molecule has 4 saturated carbocycles. The van der Waals surface area contributed by atoms with Crippen molar-refractivity contribution in [3.63, 3.8) is 0 Å². The molecule has 0 radical (unpaired) electrons. The maximum absolute atomic E-state index is 12.8. The summed E-state index contributed by atoms with van der Waals surface area (Å²) < 4.78 is 5.35. The van der Waals surface area contributed by atoms with Crippen molar-refractivity contribution in [1.82, 2.24) is 4.90 Å². The summed E-state index contributed by atoms with van der Waals surface area (Å²) >= 11 is 0. The maximum Gasteiger partial charge on any atom is 0.248 e. The third-order valence-electron chi connectivity index (χ3n) is 6.43. The lowest BCUT2D eigenvalue weighted by Crippen LogP contribution is -2.53. The summed E-state index contributed by atoms with van der Waals surface area (Å²) in [5.41, 5.74) is 5.57. The van der Waals surface area contributed by atoms with Gasteiger partial charge >= 0.3 is 0 Å². The third-order valence-corrected chi connectivity index (χ3v) is 6.43. The molecule has 1 aliphatic heterocycles. The van der Waals surface area contributed by atoms with E-state index in [4.69, 9.17) is 10.5 Å². The van der Waals surface area contributed by atoms with E-state index in [1.54, 1.807) is 4.90 Å². The number of nitrogens with zero attached hydrogens (tertiary/aromatic N) is 1. The van der Waals surface area contributed by atoms with Gasteiger partial charge in [0.25, 0.3) is 0 Å². The Kier molecular flexibility index (Phi) is 3.44. The first kappa shape index (κ1) is 14.5. The van der Waals surface area contributed by atoms with Crippen LogP contribution in [0.4, 0.5) is 0 Å². The summed E-state index contributed by atoms with van der Waals surface area (Å²) in [6.45, 7) is 1.34. The lowest BCUT2D eigenvalue weighted by atomic mass is 9.49. The second-order valence-corrected chi connectivity index (χ2v) is 8.20. The number of morpholine rings is 1. The van der Waals surface area contributed by atoms with Gasteiger partial charge in [0.15, 0.2) is 6.10 Å². The molecular weight excluding hydrogens is 280 g/mol. The number of ether oxygens (including phenoxy) is 1. The Labute approximate surface area is 131 Å². The molecule has 5 rings (SSSR count). The summed E-state index contributed by atoms with van der Waals surface area (Å²) in [6, 6.07) is 0. The van der Waals surface area contributed by atoms with Gasteiger partial charge in [0, 0.05) is 13.0 Å². The van der Waals surface area contributed by atoms with Crippen LogP contribution in [0.2, 0.25) is 0 Å². The van der Waals surface area contributed by atoms with Crippen LogP contribution in [0.15, 0.2) is 0 Å². The zero-order valence-corrected chi connectivity index (χ0v) is 13.1. The molecule has 5 fully saturated rings. The van der Waals surface area contributed by atoms with Crippen LogP contribution in [0.5, 0.6) is 0 Å². The minimum absolute atomic E-state index is 0.205. The van der Waals surface area contributed by atoms with Crippen LogP contribution in [-0.2, 0) is 14.3 Å². The van der Waals surface area contributed by atoms with E-state index in [1.807, 2.05) is 0 Å².